The molecule has 3 aromatic rings. The zero-order valence-corrected chi connectivity index (χ0v) is 31.7. The molecule has 0 aromatic heterocycles. The first-order chi connectivity index (χ1) is 25.2. The van der Waals surface area contributed by atoms with Crippen molar-refractivity contribution in [2.45, 2.75) is 103 Å². The Hall–Kier alpha value is -4.52. The first kappa shape index (κ1) is 38.7. The number of carbonyl (C=O) groups excluding carboxylic acids is 2. The van der Waals surface area contributed by atoms with E-state index in [1.165, 1.54) is 23.1 Å². The highest BCUT2D eigenvalue weighted by molar-refractivity contribution is 5.89. The second-order valence-electron chi connectivity index (χ2n) is 14.4. The molecule has 1 aliphatic carbocycles. The molecule has 2 aliphatic rings. The van der Waals surface area contributed by atoms with Gasteiger partial charge in [0.2, 0.25) is 5.91 Å². The fourth-order valence-corrected chi connectivity index (χ4v) is 7.86. The minimum absolute atomic E-state index is 0.00117. The number of benzene rings is 3. The van der Waals surface area contributed by atoms with E-state index in [1.54, 1.807) is 19.3 Å². The average Bonchev–Trinajstić information content (AvgIpc) is 3.16. The molecule has 0 radical (unpaired) electrons. The molecular weight excluding hydrogens is 650 g/mol. The standard InChI is InChI=1S/C45H57NO6/c1-7-25-50-38-18-14-17-36(29-38)40(23-22-34-21-20-31(3)32(4)27-34)52-45(48)39-19-12-13-24-46(39)44(47)42(35-15-10-9-11-16-35)37-28-33(5)43(51-26-8-2)41(30-37)49-6/h7-8,14,17-18,20-21,27-30,35,39-40,42H,1-2,9-13,15-16,19,22-26H2,3-6H3/t39-,40+,42-/m0/s1. The summed E-state index contributed by atoms with van der Waals surface area (Å²) in [5, 5.41) is 0. The third-order valence-corrected chi connectivity index (χ3v) is 10.8. The predicted octanol–water partition coefficient (Wildman–Crippen LogP) is 9.71. The van der Waals surface area contributed by atoms with Crippen LogP contribution in [0.15, 0.2) is 79.9 Å². The summed E-state index contributed by atoms with van der Waals surface area (Å²) in [6, 6.07) is 17.6. The Labute approximate surface area is 311 Å². The van der Waals surface area contributed by atoms with E-state index in [2.05, 4.69) is 51.3 Å². The number of esters is 1. The van der Waals surface area contributed by atoms with E-state index in [1.807, 2.05) is 42.2 Å². The third kappa shape index (κ3) is 9.67. The minimum atomic E-state index is -0.658. The van der Waals surface area contributed by atoms with Gasteiger partial charge in [0.1, 0.15) is 31.1 Å². The number of likely N-dealkylation sites (tertiary alicyclic amines) is 1. The van der Waals surface area contributed by atoms with Crippen LogP contribution in [0.5, 0.6) is 17.2 Å². The van der Waals surface area contributed by atoms with Crippen molar-refractivity contribution in [1.29, 1.82) is 0 Å². The molecule has 1 aliphatic heterocycles. The molecule has 7 nitrogen and oxygen atoms in total. The van der Waals surface area contributed by atoms with E-state index in [9.17, 15) is 9.59 Å². The highest BCUT2D eigenvalue weighted by Gasteiger charge is 2.41. The van der Waals surface area contributed by atoms with Gasteiger partial charge in [0.15, 0.2) is 11.5 Å². The zero-order valence-electron chi connectivity index (χ0n) is 31.7. The van der Waals surface area contributed by atoms with Crippen molar-refractivity contribution in [1.82, 2.24) is 4.90 Å². The van der Waals surface area contributed by atoms with Gasteiger partial charge in [-0.05, 0) is 123 Å². The van der Waals surface area contributed by atoms with Gasteiger partial charge in [-0.15, -0.1) is 0 Å². The van der Waals surface area contributed by atoms with Gasteiger partial charge in [0, 0.05) is 6.54 Å². The lowest BCUT2D eigenvalue weighted by molar-refractivity contribution is -0.163. The quantitative estimate of drug-likeness (QED) is 0.109. The van der Waals surface area contributed by atoms with Crippen LogP contribution in [-0.4, -0.2) is 49.7 Å². The number of amides is 1. The van der Waals surface area contributed by atoms with E-state index in [0.717, 1.165) is 61.6 Å². The molecule has 2 fully saturated rings. The first-order valence-electron chi connectivity index (χ1n) is 19.1. The van der Waals surface area contributed by atoms with Gasteiger partial charge in [0.05, 0.1) is 13.0 Å². The normalized spacial score (nSPS) is 17.5. The van der Waals surface area contributed by atoms with Crippen LogP contribution < -0.4 is 14.2 Å². The summed E-state index contributed by atoms with van der Waals surface area (Å²) in [7, 11) is 1.63. The molecule has 278 valence electrons. The van der Waals surface area contributed by atoms with Crippen molar-refractivity contribution in [2.24, 2.45) is 5.92 Å². The number of rotatable bonds is 16. The van der Waals surface area contributed by atoms with Crippen molar-refractivity contribution >= 4 is 11.9 Å². The third-order valence-electron chi connectivity index (χ3n) is 10.8. The van der Waals surface area contributed by atoms with Crippen LogP contribution in [0, 0.1) is 26.7 Å². The molecule has 0 unspecified atom stereocenters. The van der Waals surface area contributed by atoms with Gasteiger partial charge in [0.25, 0.3) is 0 Å². The second-order valence-corrected chi connectivity index (χ2v) is 14.4. The lowest BCUT2D eigenvalue weighted by Crippen LogP contribution is -2.51. The number of hydrogen-bond acceptors (Lipinski definition) is 6. The number of nitrogens with zero attached hydrogens (tertiary/aromatic N) is 1. The van der Waals surface area contributed by atoms with Crippen LogP contribution in [0.3, 0.4) is 0 Å². The fourth-order valence-electron chi connectivity index (χ4n) is 7.86. The lowest BCUT2D eigenvalue weighted by Gasteiger charge is -2.40. The summed E-state index contributed by atoms with van der Waals surface area (Å²) in [6.45, 7) is 15.0. The molecular formula is C45H57NO6. The van der Waals surface area contributed by atoms with E-state index < -0.39 is 18.1 Å². The highest BCUT2D eigenvalue weighted by Crippen LogP contribution is 2.43. The Kier molecular flexibility index (Phi) is 14.0. The first-order valence-corrected chi connectivity index (χ1v) is 19.1. The van der Waals surface area contributed by atoms with Crippen molar-refractivity contribution in [2.75, 3.05) is 26.9 Å². The molecule has 0 bridgehead atoms. The Morgan fingerprint density at radius 1 is 0.827 bits per heavy atom. The molecule has 1 saturated carbocycles. The SMILES string of the molecule is C=CCOc1cccc([C@@H](CCc2ccc(C)c(C)c2)OC(=O)[C@@H]2CCCCN2C(=O)[C@H](c2cc(C)c(OCC=C)c(OC)c2)C2CCCCC2)c1. The largest absolute Gasteiger partial charge is 0.493 e. The topological polar surface area (TPSA) is 74.3 Å². The molecule has 1 saturated heterocycles. The van der Waals surface area contributed by atoms with E-state index in [-0.39, 0.29) is 17.8 Å². The molecule has 7 heteroatoms. The van der Waals surface area contributed by atoms with Gasteiger partial charge < -0.3 is 23.8 Å². The van der Waals surface area contributed by atoms with Crippen LogP contribution in [-0.2, 0) is 20.7 Å². The Morgan fingerprint density at radius 3 is 2.31 bits per heavy atom. The van der Waals surface area contributed by atoms with Crippen molar-refractivity contribution < 1.29 is 28.5 Å². The van der Waals surface area contributed by atoms with Crippen LogP contribution in [0.4, 0.5) is 0 Å². The maximum atomic E-state index is 15.0. The van der Waals surface area contributed by atoms with Gasteiger partial charge in [-0.3, -0.25) is 4.79 Å². The summed E-state index contributed by atoms with van der Waals surface area (Å²) in [5.41, 5.74) is 6.37. The van der Waals surface area contributed by atoms with Crippen molar-refractivity contribution in [3.05, 3.63) is 113 Å². The van der Waals surface area contributed by atoms with Crippen LogP contribution in [0.1, 0.15) is 103 Å². The summed E-state index contributed by atoms with van der Waals surface area (Å²) in [5.74, 6) is 1.39. The highest BCUT2D eigenvalue weighted by atomic mass is 16.5. The van der Waals surface area contributed by atoms with Gasteiger partial charge in [-0.1, -0.05) is 81.0 Å². The van der Waals surface area contributed by atoms with Gasteiger partial charge in [-0.2, -0.15) is 0 Å². The zero-order chi connectivity index (χ0) is 37.0. The number of hydrogen-bond donors (Lipinski definition) is 0. The van der Waals surface area contributed by atoms with Crippen molar-refractivity contribution in [3.63, 3.8) is 0 Å². The van der Waals surface area contributed by atoms with Crippen LogP contribution >= 0.6 is 0 Å². The molecule has 52 heavy (non-hydrogen) atoms. The molecule has 5 rings (SSSR count). The molecule has 0 spiro atoms. The minimum Gasteiger partial charge on any atom is -0.493 e. The number of ether oxygens (including phenoxy) is 4. The Bertz CT molecular complexity index is 1690. The van der Waals surface area contributed by atoms with Crippen LogP contribution in [0.25, 0.3) is 0 Å². The predicted molar refractivity (Wildman–Crippen MR) is 207 cm³/mol. The molecule has 0 N–H and O–H groups in total. The lowest BCUT2D eigenvalue weighted by atomic mass is 9.75. The molecule has 3 atom stereocenters. The maximum Gasteiger partial charge on any atom is 0.329 e. The summed E-state index contributed by atoms with van der Waals surface area (Å²) in [4.78, 5) is 31.2. The Balaban J connectivity index is 1.44. The van der Waals surface area contributed by atoms with E-state index in [4.69, 9.17) is 18.9 Å². The van der Waals surface area contributed by atoms with E-state index in [0.29, 0.717) is 49.8 Å². The van der Waals surface area contributed by atoms with Gasteiger partial charge in [-0.25, -0.2) is 4.79 Å². The fraction of sp³-hybridized carbons (Fsp3) is 0.467. The number of methoxy groups -OCH3 is 1. The Morgan fingerprint density at radius 2 is 1.58 bits per heavy atom. The summed E-state index contributed by atoms with van der Waals surface area (Å²) < 4.78 is 24.1. The summed E-state index contributed by atoms with van der Waals surface area (Å²) in [6.07, 6.45) is 11.8. The molecule has 1 heterocycles. The molecule has 3 aromatic carbocycles. The number of carbonyl (C=O) groups is 2. The summed E-state index contributed by atoms with van der Waals surface area (Å²) >= 11 is 0. The maximum absolute atomic E-state index is 15.0. The monoisotopic (exact) mass is 707 g/mol. The number of aryl methyl sites for hydroxylation is 4. The average molecular weight is 708 g/mol. The molecule has 1 amide bonds. The van der Waals surface area contributed by atoms with Gasteiger partial charge >= 0.3 is 5.97 Å². The van der Waals surface area contributed by atoms with E-state index >= 15 is 0 Å². The smallest absolute Gasteiger partial charge is 0.329 e. The van der Waals surface area contributed by atoms with Crippen LogP contribution in [0.2, 0.25) is 0 Å². The van der Waals surface area contributed by atoms with Crippen molar-refractivity contribution in [3.8, 4) is 17.2 Å². The second kappa shape index (κ2) is 18.8. The number of piperidine rings is 1.